The highest BCUT2D eigenvalue weighted by molar-refractivity contribution is 6.16. The molecule has 1 atom stereocenters. The monoisotopic (exact) mass is 366 g/mol. The quantitative estimate of drug-likeness (QED) is 0.579. The van der Waals surface area contributed by atoms with E-state index in [2.05, 4.69) is 0 Å². The maximum Gasteiger partial charge on any atom is 0.338 e. The van der Waals surface area contributed by atoms with Crippen LogP contribution in [0.25, 0.3) is 0 Å². The maximum absolute atomic E-state index is 13.2. The molecule has 0 saturated carbocycles. The van der Waals surface area contributed by atoms with Gasteiger partial charge in [0.2, 0.25) is 0 Å². The molecule has 0 saturated heterocycles. The number of hydrogen-bond acceptors (Lipinski definition) is 5. The molecule has 3 rings (SSSR count). The molecular formula is C22H22O5. The van der Waals surface area contributed by atoms with Crippen LogP contribution in [0.2, 0.25) is 0 Å². The van der Waals surface area contributed by atoms with Gasteiger partial charge < -0.3 is 9.47 Å². The largest absolute Gasteiger partial charge is 0.465 e. The van der Waals surface area contributed by atoms with Crippen molar-refractivity contribution in [2.24, 2.45) is 5.41 Å². The summed E-state index contributed by atoms with van der Waals surface area (Å²) in [6, 6.07) is 14.1. The molecule has 0 amide bonds. The molecule has 0 heterocycles. The average molecular weight is 366 g/mol. The fourth-order valence-electron chi connectivity index (χ4n) is 3.62. The summed E-state index contributed by atoms with van der Waals surface area (Å²) >= 11 is 0. The number of rotatable bonds is 6. The molecule has 5 nitrogen and oxygen atoms in total. The fraction of sp³-hybridized carbons (Fsp3) is 0.318. The van der Waals surface area contributed by atoms with Crippen LogP contribution in [0.15, 0.2) is 48.5 Å². The van der Waals surface area contributed by atoms with Gasteiger partial charge in [-0.25, -0.2) is 4.79 Å². The molecule has 0 aromatic heterocycles. The van der Waals surface area contributed by atoms with Crippen molar-refractivity contribution in [3.63, 3.8) is 0 Å². The minimum absolute atomic E-state index is 0.0916. The Morgan fingerprint density at radius 3 is 2.33 bits per heavy atom. The van der Waals surface area contributed by atoms with Crippen molar-refractivity contribution in [2.75, 3.05) is 13.2 Å². The Morgan fingerprint density at radius 1 is 0.963 bits per heavy atom. The Hall–Kier alpha value is -2.95. The average Bonchev–Trinajstić information content (AvgIpc) is 2.96. The molecule has 0 bridgehead atoms. The summed E-state index contributed by atoms with van der Waals surface area (Å²) in [7, 11) is 0. The van der Waals surface area contributed by atoms with Crippen molar-refractivity contribution in [1.29, 1.82) is 0 Å². The van der Waals surface area contributed by atoms with Crippen LogP contribution >= 0.6 is 0 Å². The number of hydrogen-bond donors (Lipinski definition) is 0. The van der Waals surface area contributed by atoms with Gasteiger partial charge >= 0.3 is 11.9 Å². The van der Waals surface area contributed by atoms with Gasteiger partial charge in [0.15, 0.2) is 5.78 Å². The van der Waals surface area contributed by atoms with Crippen LogP contribution in [-0.2, 0) is 27.1 Å². The lowest BCUT2D eigenvalue weighted by molar-refractivity contribution is -0.152. The molecule has 1 unspecified atom stereocenters. The summed E-state index contributed by atoms with van der Waals surface area (Å²) in [6.07, 6.45) is 0.354. The summed E-state index contributed by atoms with van der Waals surface area (Å²) in [6.45, 7) is 3.88. The van der Waals surface area contributed by atoms with E-state index in [1.54, 1.807) is 50.2 Å². The molecule has 1 aliphatic carbocycles. The third kappa shape index (κ3) is 3.37. The number of ketones is 1. The van der Waals surface area contributed by atoms with Gasteiger partial charge in [0.25, 0.3) is 0 Å². The molecule has 5 heteroatoms. The van der Waals surface area contributed by atoms with E-state index in [9.17, 15) is 14.4 Å². The number of benzene rings is 2. The standard InChI is InChI=1S/C22H22O5/c1-3-26-20(24)18-12-8-6-10-16(18)14-22(21(25)27-4-2)13-15-9-5-7-11-17(15)19(22)23/h5-12H,3-4,13-14H2,1-2H3. The van der Waals surface area contributed by atoms with E-state index in [0.29, 0.717) is 16.7 Å². The van der Waals surface area contributed by atoms with Gasteiger partial charge in [0.1, 0.15) is 5.41 Å². The number of esters is 2. The van der Waals surface area contributed by atoms with E-state index < -0.39 is 17.4 Å². The van der Waals surface area contributed by atoms with E-state index in [1.165, 1.54) is 0 Å². The summed E-state index contributed by atoms with van der Waals surface area (Å²) < 4.78 is 10.4. The first kappa shape index (κ1) is 18.8. The van der Waals surface area contributed by atoms with E-state index >= 15 is 0 Å². The van der Waals surface area contributed by atoms with Crippen LogP contribution in [0.3, 0.4) is 0 Å². The first-order chi connectivity index (χ1) is 13.0. The Bertz CT molecular complexity index is 886. The summed E-state index contributed by atoms with van der Waals surface area (Å²) in [5.41, 5.74) is 0.975. The smallest absolute Gasteiger partial charge is 0.338 e. The van der Waals surface area contributed by atoms with E-state index in [1.807, 2.05) is 12.1 Å². The lowest BCUT2D eigenvalue weighted by Gasteiger charge is -2.26. The number of ether oxygens (including phenoxy) is 2. The molecule has 2 aromatic carbocycles. The van der Waals surface area contributed by atoms with Gasteiger partial charge in [-0.1, -0.05) is 42.5 Å². The van der Waals surface area contributed by atoms with Crippen LogP contribution in [-0.4, -0.2) is 30.9 Å². The predicted molar refractivity (Wildman–Crippen MR) is 99.6 cm³/mol. The highest BCUT2D eigenvalue weighted by Gasteiger charge is 2.52. The van der Waals surface area contributed by atoms with Crippen molar-refractivity contribution >= 4 is 17.7 Å². The molecular weight excluding hydrogens is 344 g/mol. The van der Waals surface area contributed by atoms with Gasteiger partial charge in [-0.05, 0) is 43.9 Å². The third-order valence-electron chi connectivity index (χ3n) is 4.86. The topological polar surface area (TPSA) is 69.7 Å². The van der Waals surface area contributed by atoms with Gasteiger partial charge in [-0.15, -0.1) is 0 Å². The van der Waals surface area contributed by atoms with Gasteiger partial charge in [0, 0.05) is 5.56 Å². The van der Waals surface area contributed by atoms with Gasteiger partial charge in [-0.2, -0.15) is 0 Å². The zero-order chi connectivity index (χ0) is 19.4. The molecule has 0 N–H and O–H groups in total. The fourth-order valence-corrected chi connectivity index (χ4v) is 3.62. The molecule has 140 valence electrons. The number of carbonyl (C=O) groups is 3. The molecule has 27 heavy (non-hydrogen) atoms. The number of fused-ring (bicyclic) bond motifs is 1. The number of Topliss-reactive ketones (excluding diaryl/α,β-unsaturated/α-hetero) is 1. The molecule has 0 fully saturated rings. The highest BCUT2D eigenvalue weighted by atomic mass is 16.5. The van der Waals surface area contributed by atoms with Crippen molar-refractivity contribution in [1.82, 2.24) is 0 Å². The maximum atomic E-state index is 13.2. The normalized spacial score (nSPS) is 18.1. The van der Waals surface area contributed by atoms with Crippen molar-refractivity contribution in [3.8, 4) is 0 Å². The third-order valence-corrected chi connectivity index (χ3v) is 4.86. The van der Waals surface area contributed by atoms with Gasteiger partial charge in [-0.3, -0.25) is 9.59 Å². The zero-order valence-electron chi connectivity index (χ0n) is 15.5. The lowest BCUT2D eigenvalue weighted by atomic mass is 9.77. The molecule has 2 aromatic rings. The van der Waals surface area contributed by atoms with Crippen LogP contribution in [0, 0.1) is 5.41 Å². The summed E-state index contributed by atoms with van der Waals surface area (Å²) in [4.78, 5) is 38.4. The molecule has 0 spiro atoms. The minimum Gasteiger partial charge on any atom is -0.465 e. The zero-order valence-corrected chi connectivity index (χ0v) is 15.5. The second-order valence-corrected chi connectivity index (χ2v) is 6.52. The lowest BCUT2D eigenvalue weighted by Crippen LogP contribution is -2.41. The summed E-state index contributed by atoms with van der Waals surface area (Å²) in [5.74, 6) is -1.27. The Kier molecular flexibility index (Phi) is 5.40. The Morgan fingerprint density at radius 2 is 1.63 bits per heavy atom. The van der Waals surface area contributed by atoms with Crippen LogP contribution in [0.1, 0.15) is 45.7 Å². The SMILES string of the molecule is CCOC(=O)c1ccccc1CC1(C(=O)OCC)Cc2ccccc2C1=O. The van der Waals surface area contributed by atoms with E-state index in [-0.39, 0.29) is 31.8 Å². The van der Waals surface area contributed by atoms with E-state index in [0.717, 1.165) is 5.56 Å². The second-order valence-electron chi connectivity index (χ2n) is 6.52. The van der Waals surface area contributed by atoms with Crippen LogP contribution in [0.5, 0.6) is 0 Å². The van der Waals surface area contributed by atoms with Crippen LogP contribution in [0.4, 0.5) is 0 Å². The first-order valence-corrected chi connectivity index (χ1v) is 9.08. The second kappa shape index (κ2) is 7.74. The van der Waals surface area contributed by atoms with Gasteiger partial charge in [0.05, 0.1) is 18.8 Å². The molecule has 0 radical (unpaired) electrons. The van der Waals surface area contributed by atoms with Crippen molar-refractivity contribution < 1.29 is 23.9 Å². The van der Waals surface area contributed by atoms with Crippen molar-refractivity contribution in [2.45, 2.75) is 26.7 Å². The van der Waals surface area contributed by atoms with Crippen LogP contribution < -0.4 is 0 Å². The Balaban J connectivity index is 2.05. The molecule has 1 aliphatic rings. The Labute approximate surface area is 158 Å². The number of carbonyl (C=O) groups excluding carboxylic acids is 3. The highest BCUT2D eigenvalue weighted by Crippen LogP contribution is 2.41. The summed E-state index contributed by atoms with van der Waals surface area (Å²) in [5, 5.41) is 0. The van der Waals surface area contributed by atoms with Crippen molar-refractivity contribution in [3.05, 3.63) is 70.8 Å². The predicted octanol–water partition coefficient (Wildman–Crippen LogP) is 3.39. The first-order valence-electron chi connectivity index (χ1n) is 9.08. The van der Waals surface area contributed by atoms with E-state index in [4.69, 9.17) is 9.47 Å². The minimum atomic E-state index is -1.36. The molecule has 0 aliphatic heterocycles.